The van der Waals surface area contributed by atoms with Crippen molar-refractivity contribution in [3.63, 3.8) is 0 Å². The van der Waals surface area contributed by atoms with Gasteiger partial charge >= 0.3 is 0 Å². The minimum atomic E-state index is -0.631. The lowest BCUT2D eigenvalue weighted by atomic mass is 9.99. The van der Waals surface area contributed by atoms with Crippen LogP contribution in [0.5, 0.6) is 0 Å². The number of aliphatic hydroxyl groups excluding tert-OH is 2. The Kier molecular flexibility index (Phi) is 10.8. The van der Waals surface area contributed by atoms with Crippen LogP contribution in [-0.2, 0) is 25.7 Å². The molecule has 2 aromatic rings. The van der Waals surface area contributed by atoms with Crippen molar-refractivity contribution in [2.75, 3.05) is 25.0 Å². The molecule has 0 aromatic heterocycles. The number of aliphatic hydroxyl groups is 2. The van der Waals surface area contributed by atoms with E-state index in [0.29, 0.717) is 50.9 Å². The smallest absolute Gasteiger partial charge is 0.243 e. The second-order valence-electron chi connectivity index (χ2n) is 10.3. The van der Waals surface area contributed by atoms with E-state index in [1.54, 1.807) is 5.48 Å². The highest BCUT2D eigenvalue weighted by atomic mass is 16.7. The molecule has 10 heteroatoms. The number of amides is 2. The van der Waals surface area contributed by atoms with Gasteiger partial charge in [0.05, 0.1) is 24.9 Å². The van der Waals surface area contributed by atoms with Crippen LogP contribution in [0.25, 0.3) is 0 Å². The highest BCUT2D eigenvalue weighted by Crippen LogP contribution is 2.39. The molecule has 0 saturated carbocycles. The molecule has 5 N–H and O–H groups in total. The van der Waals surface area contributed by atoms with Gasteiger partial charge in [0.2, 0.25) is 11.8 Å². The van der Waals surface area contributed by atoms with E-state index < -0.39 is 12.2 Å². The van der Waals surface area contributed by atoms with E-state index in [-0.39, 0.29) is 37.2 Å². The first-order valence-electron chi connectivity index (χ1n) is 13.7. The molecular weight excluding hydrogens is 502 g/mol. The molecule has 2 aliphatic heterocycles. The van der Waals surface area contributed by atoms with E-state index in [1.165, 1.54) is 0 Å². The van der Waals surface area contributed by atoms with Gasteiger partial charge in [-0.1, -0.05) is 42.8 Å². The summed E-state index contributed by atoms with van der Waals surface area (Å²) in [6.07, 6.45) is 2.69. The summed E-state index contributed by atoms with van der Waals surface area (Å²) in [6.45, 7) is 2.14. The number of nitrogens with zero attached hydrogens (tertiary/aromatic N) is 1. The first kappa shape index (κ1) is 29.1. The van der Waals surface area contributed by atoms with E-state index in [1.807, 2.05) is 48.5 Å². The largest absolute Gasteiger partial charge is 0.392 e. The maximum atomic E-state index is 12.5. The number of β-amino-alcohol motifs (C(OH)–C–C–N with tert-alkyl or cyclic N) is 1. The third-order valence-electron chi connectivity index (χ3n) is 7.20. The van der Waals surface area contributed by atoms with Gasteiger partial charge in [-0.3, -0.25) is 19.7 Å². The number of nitrogens with one attached hydrogen (secondary N) is 2. The fraction of sp³-hybridized carbons (Fsp3) is 0.517. The Bertz CT molecular complexity index is 1080. The third kappa shape index (κ3) is 8.82. The van der Waals surface area contributed by atoms with Crippen LogP contribution in [0.1, 0.15) is 74.0 Å². The number of likely N-dealkylation sites (tertiary alicyclic amines) is 1. The van der Waals surface area contributed by atoms with E-state index in [4.69, 9.17) is 14.7 Å². The first-order valence-corrected chi connectivity index (χ1v) is 13.7. The van der Waals surface area contributed by atoms with Gasteiger partial charge < -0.3 is 25.0 Å². The predicted molar refractivity (Wildman–Crippen MR) is 144 cm³/mol. The normalized spacial score (nSPS) is 23.5. The Hall–Kier alpha value is -2.86. The fourth-order valence-corrected chi connectivity index (χ4v) is 5.09. The number of unbranched alkanes of at least 4 members (excludes halogenated alkanes) is 2. The van der Waals surface area contributed by atoms with Crippen LogP contribution < -0.4 is 10.8 Å². The molecule has 2 aliphatic rings. The Labute approximate surface area is 228 Å². The van der Waals surface area contributed by atoms with Crippen molar-refractivity contribution in [2.24, 2.45) is 0 Å². The van der Waals surface area contributed by atoms with E-state index >= 15 is 0 Å². The molecule has 4 atom stereocenters. The maximum absolute atomic E-state index is 12.5. The molecule has 2 amide bonds. The zero-order chi connectivity index (χ0) is 27.6. The highest BCUT2D eigenvalue weighted by molar-refractivity contribution is 5.90. The van der Waals surface area contributed by atoms with Crippen LogP contribution >= 0.6 is 0 Å². The lowest BCUT2D eigenvalue weighted by Crippen LogP contribution is -2.38. The van der Waals surface area contributed by atoms with Crippen molar-refractivity contribution < 1.29 is 34.5 Å². The second-order valence-corrected chi connectivity index (χ2v) is 10.3. The molecule has 0 spiro atoms. The van der Waals surface area contributed by atoms with Crippen LogP contribution in [0, 0.1) is 0 Å². The molecule has 2 heterocycles. The monoisotopic (exact) mass is 541 g/mol. The molecule has 212 valence electrons. The van der Waals surface area contributed by atoms with Gasteiger partial charge in [-0.05, 0) is 42.5 Å². The molecule has 0 bridgehead atoms. The summed E-state index contributed by atoms with van der Waals surface area (Å²) < 4.78 is 12.8. The summed E-state index contributed by atoms with van der Waals surface area (Å²) in [4.78, 5) is 25.8. The summed E-state index contributed by atoms with van der Waals surface area (Å²) >= 11 is 0. The zero-order valence-corrected chi connectivity index (χ0v) is 22.1. The molecule has 0 aliphatic carbocycles. The second kappa shape index (κ2) is 14.5. The number of carbonyl (C=O) groups is 2. The van der Waals surface area contributed by atoms with Crippen molar-refractivity contribution in [1.82, 2.24) is 10.4 Å². The first-order chi connectivity index (χ1) is 18.9. The van der Waals surface area contributed by atoms with Crippen molar-refractivity contribution >= 4 is 17.5 Å². The maximum Gasteiger partial charge on any atom is 0.243 e. The van der Waals surface area contributed by atoms with Gasteiger partial charge in [0.15, 0.2) is 6.29 Å². The van der Waals surface area contributed by atoms with Crippen LogP contribution in [0.2, 0.25) is 0 Å². The molecule has 0 unspecified atom stereocenters. The van der Waals surface area contributed by atoms with E-state index in [9.17, 15) is 19.8 Å². The summed E-state index contributed by atoms with van der Waals surface area (Å²) in [5, 5.41) is 30.9. The molecule has 10 nitrogen and oxygen atoms in total. The lowest BCUT2D eigenvalue weighted by molar-refractivity contribution is -0.252. The Balaban J connectivity index is 1.39. The molecule has 39 heavy (non-hydrogen) atoms. The topological polar surface area (TPSA) is 141 Å². The van der Waals surface area contributed by atoms with Crippen molar-refractivity contribution in [3.8, 4) is 0 Å². The molecule has 2 fully saturated rings. The Morgan fingerprint density at radius 1 is 0.974 bits per heavy atom. The number of hydrogen-bond acceptors (Lipinski definition) is 8. The molecule has 4 rings (SSSR count). The average Bonchev–Trinajstić information content (AvgIpc) is 3.36. The summed E-state index contributed by atoms with van der Waals surface area (Å²) in [6, 6.07) is 15.2. The number of hydroxylamine groups is 1. The van der Waals surface area contributed by atoms with Gasteiger partial charge in [-0.25, -0.2) is 5.48 Å². The van der Waals surface area contributed by atoms with E-state index in [2.05, 4.69) is 10.2 Å². The molecular formula is C29H39N3O7. The Morgan fingerprint density at radius 3 is 2.44 bits per heavy atom. The Morgan fingerprint density at radius 2 is 1.74 bits per heavy atom. The van der Waals surface area contributed by atoms with Gasteiger partial charge in [0, 0.05) is 50.1 Å². The summed E-state index contributed by atoms with van der Waals surface area (Å²) in [7, 11) is 0. The van der Waals surface area contributed by atoms with Crippen molar-refractivity contribution in [1.29, 1.82) is 0 Å². The molecule has 2 saturated heterocycles. The van der Waals surface area contributed by atoms with Crippen LogP contribution in [0.3, 0.4) is 0 Å². The zero-order valence-electron chi connectivity index (χ0n) is 22.1. The van der Waals surface area contributed by atoms with Gasteiger partial charge in [0.1, 0.15) is 0 Å². The number of rotatable bonds is 12. The minimum Gasteiger partial charge on any atom is -0.392 e. The number of carbonyl (C=O) groups excluding carboxylic acids is 2. The fourth-order valence-electron chi connectivity index (χ4n) is 5.09. The van der Waals surface area contributed by atoms with Crippen LogP contribution in [-0.4, -0.2) is 64.0 Å². The van der Waals surface area contributed by atoms with Gasteiger partial charge in [-0.2, -0.15) is 0 Å². The summed E-state index contributed by atoms with van der Waals surface area (Å²) in [5.41, 5.74) is 4.90. The SMILES string of the molecule is O=C(CCCCCC(=O)Nc1cccc([C@H]2O[C@@H](CN3CC[C@H](O)C3)C[C@@H](c3ccc(CO)cc3)O2)c1)NO. The quantitative estimate of drug-likeness (QED) is 0.157. The number of benzene rings is 2. The highest BCUT2D eigenvalue weighted by Gasteiger charge is 2.34. The van der Waals surface area contributed by atoms with Crippen molar-refractivity contribution in [2.45, 2.75) is 76.2 Å². The van der Waals surface area contributed by atoms with E-state index in [0.717, 1.165) is 29.7 Å². The average molecular weight is 542 g/mol. The van der Waals surface area contributed by atoms with Gasteiger partial charge in [-0.15, -0.1) is 0 Å². The van der Waals surface area contributed by atoms with Crippen LogP contribution in [0.4, 0.5) is 5.69 Å². The third-order valence-corrected chi connectivity index (χ3v) is 7.20. The number of hydrogen-bond donors (Lipinski definition) is 5. The standard InChI is InChI=1S/C29H39N3O7/c33-19-20-9-11-21(12-10-20)26-16-25(18-32-14-13-24(34)17-32)38-29(39-26)22-5-4-6-23(15-22)30-27(35)7-2-1-3-8-28(36)31-37/h4-6,9-12,15,24-26,29,33-34,37H,1-3,7-8,13-14,16-19H2,(H,30,35)(H,31,36)/t24-,25+,26-,29-/m0/s1. The van der Waals surface area contributed by atoms with Gasteiger partial charge in [0.25, 0.3) is 0 Å². The lowest BCUT2D eigenvalue weighted by Gasteiger charge is -2.38. The number of anilines is 1. The molecule has 2 aromatic carbocycles. The minimum absolute atomic E-state index is 0.0170. The predicted octanol–water partition coefficient (Wildman–Crippen LogP) is 3.19. The van der Waals surface area contributed by atoms with Crippen LogP contribution in [0.15, 0.2) is 48.5 Å². The molecule has 0 radical (unpaired) electrons. The number of ether oxygens (including phenoxy) is 2. The van der Waals surface area contributed by atoms with Crippen molar-refractivity contribution in [3.05, 3.63) is 65.2 Å². The summed E-state index contributed by atoms with van der Waals surface area (Å²) in [5.74, 6) is -0.537.